The molecule has 166 valence electrons. The summed E-state index contributed by atoms with van der Waals surface area (Å²) < 4.78 is 26.1. The highest BCUT2D eigenvalue weighted by atomic mass is 16.6. The molecule has 1 aromatic carbocycles. The lowest BCUT2D eigenvalue weighted by Gasteiger charge is -2.32. The molecule has 1 unspecified atom stereocenters. The topological polar surface area (TPSA) is 101 Å². The fraction of sp³-hybridized carbons (Fsp3) is 0.571. The highest BCUT2D eigenvalue weighted by molar-refractivity contribution is 5.93. The summed E-state index contributed by atoms with van der Waals surface area (Å²) in [6.07, 6.45) is 0.0756. The van der Waals surface area contributed by atoms with Crippen LogP contribution in [0.3, 0.4) is 0 Å². The van der Waals surface area contributed by atoms with E-state index in [0.717, 1.165) is 0 Å². The third kappa shape index (κ3) is 5.34. The minimum atomic E-state index is -0.976. The van der Waals surface area contributed by atoms with Crippen molar-refractivity contribution in [3.63, 3.8) is 0 Å². The maximum Gasteiger partial charge on any atom is 0.339 e. The number of hydrogen-bond acceptors (Lipinski definition) is 8. The number of esters is 2. The number of benzene rings is 1. The van der Waals surface area contributed by atoms with Crippen LogP contribution >= 0.6 is 0 Å². The van der Waals surface area contributed by atoms with Crippen molar-refractivity contribution in [2.24, 2.45) is 5.92 Å². The van der Waals surface area contributed by atoms with E-state index in [4.69, 9.17) is 23.7 Å². The number of nitrogens with zero attached hydrogens (tertiary/aromatic N) is 1. The first-order valence-corrected chi connectivity index (χ1v) is 9.82. The predicted octanol–water partition coefficient (Wildman–Crippen LogP) is 2.06. The number of likely N-dealkylation sites (tertiary alicyclic amines) is 1. The summed E-state index contributed by atoms with van der Waals surface area (Å²) in [5, 5.41) is 0. The SMILES string of the molecule is CCOC(=O)C1CCN(C(=O)C(C)OC(=O)c2cc(OC)c(OC)c(OC)c2)CC1. The number of hydrogen-bond donors (Lipinski definition) is 0. The van der Waals surface area contributed by atoms with E-state index in [9.17, 15) is 14.4 Å². The summed E-state index contributed by atoms with van der Waals surface area (Å²) in [5.74, 6) is -0.454. The Morgan fingerprint density at radius 2 is 1.60 bits per heavy atom. The van der Waals surface area contributed by atoms with Crippen molar-refractivity contribution in [1.29, 1.82) is 0 Å². The van der Waals surface area contributed by atoms with Gasteiger partial charge in [0.1, 0.15) is 0 Å². The van der Waals surface area contributed by atoms with E-state index in [1.54, 1.807) is 11.8 Å². The molecular formula is C21H29NO8. The van der Waals surface area contributed by atoms with Gasteiger partial charge in [0.05, 0.1) is 39.4 Å². The Hall–Kier alpha value is -2.97. The molecule has 0 N–H and O–H groups in total. The van der Waals surface area contributed by atoms with Crippen LogP contribution < -0.4 is 14.2 Å². The maximum absolute atomic E-state index is 12.7. The van der Waals surface area contributed by atoms with E-state index in [1.165, 1.54) is 40.4 Å². The summed E-state index contributed by atoms with van der Waals surface area (Å²) in [6.45, 7) is 4.45. The number of piperidine rings is 1. The molecule has 1 aliphatic rings. The molecule has 30 heavy (non-hydrogen) atoms. The molecule has 0 bridgehead atoms. The number of carbonyl (C=O) groups is 3. The van der Waals surface area contributed by atoms with Gasteiger partial charge in [-0.15, -0.1) is 0 Å². The average Bonchev–Trinajstić information content (AvgIpc) is 2.77. The molecular weight excluding hydrogens is 394 g/mol. The predicted molar refractivity (Wildman–Crippen MR) is 107 cm³/mol. The van der Waals surface area contributed by atoms with E-state index in [2.05, 4.69) is 0 Å². The number of ether oxygens (including phenoxy) is 5. The molecule has 0 radical (unpaired) electrons. The van der Waals surface area contributed by atoms with Crippen molar-refractivity contribution in [2.45, 2.75) is 32.8 Å². The van der Waals surface area contributed by atoms with Gasteiger partial charge in [0, 0.05) is 13.1 Å². The van der Waals surface area contributed by atoms with Gasteiger partial charge in [0.2, 0.25) is 5.75 Å². The van der Waals surface area contributed by atoms with Gasteiger partial charge in [-0.1, -0.05) is 0 Å². The third-order valence-corrected chi connectivity index (χ3v) is 4.96. The standard InChI is InChI=1S/C21H29NO8/c1-6-29-20(24)14-7-9-22(10-8-14)19(23)13(2)30-21(25)15-11-16(26-3)18(28-5)17(12-15)27-4/h11-14H,6-10H2,1-5H3. The van der Waals surface area contributed by atoms with E-state index in [0.29, 0.717) is 49.8 Å². The highest BCUT2D eigenvalue weighted by Crippen LogP contribution is 2.38. The van der Waals surface area contributed by atoms with Gasteiger partial charge in [0.15, 0.2) is 17.6 Å². The fourth-order valence-corrected chi connectivity index (χ4v) is 3.33. The maximum atomic E-state index is 12.7. The molecule has 1 aliphatic heterocycles. The lowest BCUT2D eigenvalue weighted by molar-refractivity contribution is -0.152. The molecule has 1 saturated heterocycles. The lowest BCUT2D eigenvalue weighted by Crippen LogP contribution is -2.45. The van der Waals surface area contributed by atoms with Crippen LogP contribution in [-0.2, 0) is 19.1 Å². The number of rotatable bonds is 8. The van der Waals surface area contributed by atoms with Crippen molar-refractivity contribution in [2.75, 3.05) is 41.0 Å². The van der Waals surface area contributed by atoms with Gasteiger partial charge in [0.25, 0.3) is 5.91 Å². The normalized spacial score (nSPS) is 15.2. The molecule has 1 heterocycles. The summed E-state index contributed by atoms with van der Waals surface area (Å²) in [7, 11) is 4.35. The lowest BCUT2D eigenvalue weighted by atomic mass is 9.97. The molecule has 0 aromatic heterocycles. The summed E-state index contributed by atoms with van der Waals surface area (Å²) in [6, 6.07) is 2.93. The van der Waals surface area contributed by atoms with Crippen LogP contribution in [0.2, 0.25) is 0 Å². The fourth-order valence-electron chi connectivity index (χ4n) is 3.33. The van der Waals surface area contributed by atoms with E-state index >= 15 is 0 Å². The number of amides is 1. The molecule has 1 atom stereocenters. The van der Waals surface area contributed by atoms with Gasteiger partial charge >= 0.3 is 11.9 Å². The van der Waals surface area contributed by atoms with Gasteiger partial charge in [-0.2, -0.15) is 0 Å². The molecule has 9 nitrogen and oxygen atoms in total. The Kier molecular flexibility index (Phi) is 8.32. The van der Waals surface area contributed by atoms with Crippen molar-refractivity contribution < 1.29 is 38.1 Å². The monoisotopic (exact) mass is 423 g/mol. The van der Waals surface area contributed by atoms with Gasteiger partial charge < -0.3 is 28.6 Å². The van der Waals surface area contributed by atoms with E-state index < -0.39 is 12.1 Å². The second-order valence-electron chi connectivity index (χ2n) is 6.81. The number of carbonyl (C=O) groups excluding carboxylic acids is 3. The molecule has 2 rings (SSSR count). The zero-order valence-corrected chi connectivity index (χ0v) is 18.1. The van der Waals surface area contributed by atoms with Crippen molar-refractivity contribution in [3.05, 3.63) is 17.7 Å². The summed E-state index contributed by atoms with van der Waals surface area (Å²) in [5.41, 5.74) is 0.171. The summed E-state index contributed by atoms with van der Waals surface area (Å²) >= 11 is 0. The summed E-state index contributed by atoms with van der Waals surface area (Å²) in [4.78, 5) is 38.7. The van der Waals surface area contributed by atoms with Gasteiger partial charge in [-0.3, -0.25) is 9.59 Å². The molecule has 0 saturated carbocycles. The molecule has 1 amide bonds. The Morgan fingerprint density at radius 1 is 1.03 bits per heavy atom. The van der Waals surface area contributed by atoms with Crippen LogP contribution in [0.4, 0.5) is 0 Å². The Labute approximate surface area is 176 Å². The van der Waals surface area contributed by atoms with Crippen LogP contribution in [0.25, 0.3) is 0 Å². The largest absolute Gasteiger partial charge is 0.493 e. The van der Waals surface area contributed by atoms with Crippen molar-refractivity contribution in [3.8, 4) is 17.2 Å². The first kappa shape index (κ1) is 23.3. The smallest absolute Gasteiger partial charge is 0.339 e. The van der Waals surface area contributed by atoms with Gasteiger partial charge in [-0.25, -0.2) is 4.79 Å². The van der Waals surface area contributed by atoms with Crippen molar-refractivity contribution in [1.82, 2.24) is 4.90 Å². The van der Waals surface area contributed by atoms with Crippen LogP contribution in [0, 0.1) is 5.92 Å². The van der Waals surface area contributed by atoms with Crippen molar-refractivity contribution >= 4 is 17.8 Å². The molecule has 0 spiro atoms. The zero-order chi connectivity index (χ0) is 22.3. The first-order valence-electron chi connectivity index (χ1n) is 9.82. The van der Waals surface area contributed by atoms with Crippen LogP contribution in [0.15, 0.2) is 12.1 Å². The molecule has 9 heteroatoms. The second-order valence-corrected chi connectivity index (χ2v) is 6.81. The Balaban J connectivity index is 2.00. The van der Waals surface area contributed by atoms with E-state index in [1.807, 2.05) is 0 Å². The van der Waals surface area contributed by atoms with E-state index in [-0.39, 0.29) is 23.4 Å². The van der Waals surface area contributed by atoms with Crippen LogP contribution in [0.1, 0.15) is 37.0 Å². The first-order chi connectivity index (χ1) is 14.4. The zero-order valence-electron chi connectivity index (χ0n) is 18.1. The Morgan fingerprint density at radius 3 is 2.07 bits per heavy atom. The van der Waals surface area contributed by atoms with Crippen LogP contribution in [-0.4, -0.2) is 69.9 Å². The highest BCUT2D eigenvalue weighted by Gasteiger charge is 2.31. The Bertz CT molecular complexity index is 745. The minimum Gasteiger partial charge on any atom is -0.493 e. The van der Waals surface area contributed by atoms with Gasteiger partial charge in [-0.05, 0) is 38.8 Å². The molecule has 1 aromatic rings. The minimum absolute atomic E-state index is 0.171. The second kappa shape index (κ2) is 10.7. The molecule has 1 fully saturated rings. The quantitative estimate of drug-likeness (QED) is 0.586. The number of methoxy groups -OCH3 is 3. The average molecular weight is 423 g/mol. The third-order valence-electron chi connectivity index (χ3n) is 4.96. The molecule has 0 aliphatic carbocycles. The van der Waals surface area contributed by atoms with Crippen LogP contribution in [0.5, 0.6) is 17.2 Å².